The molecule has 0 unspecified atom stereocenters. The van der Waals surface area contributed by atoms with Crippen LogP contribution in [0.25, 0.3) is 0 Å². The Balaban J connectivity index is 1.97. The van der Waals surface area contributed by atoms with E-state index in [4.69, 9.17) is 0 Å². The Bertz CT molecular complexity index is 374. The molecule has 17 heavy (non-hydrogen) atoms. The second-order valence-corrected chi connectivity index (χ2v) is 6.23. The number of hydrogen-bond acceptors (Lipinski definition) is 2. The third kappa shape index (κ3) is 3.12. The predicted octanol–water partition coefficient (Wildman–Crippen LogP) is 3.92. The van der Waals surface area contributed by atoms with Crippen molar-refractivity contribution in [2.45, 2.75) is 38.4 Å². The average molecular weight is 248 g/mol. The first-order valence-corrected chi connectivity index (χ1v) is 7.33. The third-order valence-corrected chi connectivity index (χ3v) is 5.25. The largest absolute Gasteiger partial charge is 0.287 e. The lowest BCUT2D eigenvalue weighted by Gasteiger charge is -2.15. The predicted molar refractivity (Wildman–Crippen MR) is 74.1 cm³/mol. The molecule has 0 aliphatic carbocycles. The lowest BCUT2D eigenvalue weighted by molar-refractivity contribution is -0.113. The molecule has 0 N–H and O–H groups in total. The highest BCUT2D eigenvalue weighted by molar-refractivity contribution is 8.14. The molecule has 1 aromatic rings. The van der Waals surface area contributed by atoms with Crippen molar-refractivity contribution < 1.29 is 4.79 Å². The summed E-state index contributed by atoms with van der Waals surface area (Å²) < 4.78 is 0. The Hall–Kier alpha value is -0.760. The fourth-order valence-electron chi connectivity index (χ4n) is 2.35. The fraction of sp³-hybridized carbons (Fsp3) is 0.533. The van der Waals surface area contributed by atoms with Crippen molar-refractivity contribution in [2.75, 3.05) is 0 Å². The van der Waals surface area contributed by atoms with Gasteiger partial charge < -0.3 is 0 Å². The van der Waals surface area contributed by atoms with Crippen LogP contribution in [0, 0.1) is 11.8 Å². The molecule has 1 aliphatic heterocycles. The van der Waals surface area contributed by atoms with E-state index in [1.54, 1.807) is 11.8 Å². The van der Waals surface area contributed by atoms with Gasteiger partial charge in [-0.25, -0.2) is 0 Å². The maximum absolute atomic E-state index is 12.0. The van der Waals surface area contributed by atoms with Crippen LogP contribution in [-0.2, 0) is 11.2 Å². The van der Waals surface area contributed by atoms with Gasteiger partial charge in [-0.2, -0.15) is 0 Å². The van der Waals surface area contributed by atoms with Gasteiger partial charge in [0.1, 0.15) is 0 Å². The van der Waals surface area contributed by atoms with E-state index in [-0.39, 0.29) is 5.92 Å². The molecule has 1 saturated heterocycles. The normalized spacial score (nSPS) is 26.1. The molecule has 1 heterocycles. The van der Waals surface area contributed by atoms with Gasteiger partial charge >= 0.3 is 0 Å². The molecule has 0 spiro atoms. The summed E-state index contributed by atoms with van der Waals surface area (Å²) in [4.78, 5) is 12.0. The average Bonchev–Trinajstić information content (AvgIpc) is 2.71. The Morgan fingerprint density at radius 2 is 2.06 bits per heavy atom. The highest BCUT2D eigenvalue weighted by Crippen LogP contribution is 2.39. The van der Waals surface area contributed by atoms with Gasteiger partial charge in [0.05, 0.1) is 0 Å². The van der Waals surface area contributed by atoms with Gasteiger partial charge in [0.2, 0.25) is 0 Å². The molecule has 0 radical (unpaired) electrons. The molecule has 2 heteroatoms. The van der Waals surface area contributed by atoms with Crippen LogP contribution in [0.15, 0.2) is 30.3 Å². The van der Waals surface area contributed by atoms with E-state index in [2.05, 4.69) is 26.0 Å². The van der Waals surface area contributed by atoms with E-state index >= 15 is 0 Å². The molecule has 2 rings (SSSR count). The first-order valence-electron chi connectivity index (χ1n) is 6.45. The maximum Gasteiger partial charge on any atom is 0.192 e. The summed E-state index contributed by atoms with van der Waals surface area (Å²) in [5.41, 5.74) is 1.29. The molecule has 1 nitrogen and oxygen atoms in total. The summed E-state index contributed by atoms with van der Waals surface area (Å²) in [6.45, 7) is 4.47. The van der Waals surface area contributed by atoms with E-state index in [1.807, 2.05) is 18.2 Å². The Labute approximate surface area is 108 Å². The molecule has 0 saturated carbocycles. The van der Waals surface area contributed by atoms with Crippen LogP contribution < -0.4 is 0 Å². The van der Waals surface area contributed by atoms with Gasteiger partial charge in [-0.3, -0.25) is 4.79 Å². The van der Waals surface area contributed by atoms with Crippen molar-refractivity contribution in [3.05, 3.63) is 35.9 Å². The number of benzene rings is 1. The minimum absolute atomic E-state index is 0.237. The summed E-state index contributed by atoms with van der Waals surface area (Å²) in [5.74, 6) is 0.895. The molecule has 1 aromatic carbocycles. The lowest BCUT2D eigenvalue weighted by Crippen LogP contribution is -2.12. The number of hydrogen-bond donors (Lipinski definition) is 0. The monoisotopic (exact) mass is 248 g/mol. The van der Waals surface area contributed by atoms with Crippen LogP contribution in [0.3, 0.4) is 0 Å². The van der Waals surface area contributed by atoms with Crippen LogP contribution in [-0.4, -0.2) is 10.4 Å². The topological polar surface area (TPSA) is 17.1 Å². The molecule has 3 atom stereocenters. The van der Waals surface area contributed by atoms with Gasteiger partial charge in [-0.15, -0.1) is 0 Å². The van der Waals surface area contributed by atoms with E-state index in [9.17, 15) is 4.79 Å². The molecule has 1 aliphatic rings. The van der Waals surface area contributed by atoms with Gasteiger partial charge in [-0.05, 0) is 24.3 Å². The van der Waals surface area contributed by atoms with E-state index in [0.29, 0.717) is 16.3 Å². The molecule has 0 bridgehead atoms. The molecule has 1 fully saturated rings. The summed E-state index contributed by atoms with van der Waals surface area (Å²) in [7, 11) is 0. The quantitative estimate of drug-likeness (QED) is 0.803. The molecule has 0 aromatic heterocycles. The molecular weight excluding hydrogens is 228 g/mol. The smallest absolute Gasteiger partial charge is 0.192 e. The maximum atomic E-state index is 12.0. The summed E-state index contributed by atoms with van der Waals surface area (Å²) in [5, 5.41) is 0.945. The van der Waals surface area contributed by atoms with Crippen LogP contribution >= 0.6 is 11.8 Å². The van der Waals surface area contributed by atoms with Crippen molar-refractivity contribution in [1.82, 2.24) is 0 Å². The molecule has 0 amide bonds. The van der Waals surface area contributed by atoms with Gasteiger partial charge in [0.25, 0.3) is 0 Å². The standard InChI is InChI=1S/C15H20OS/c1-3-11(2)14-10-13(15(16)17-14)9-12-7-5-4-6-8-12/h4-8,11,13-14H,3,9-10H2,1-2H3/t11-,13+,14+/m0/s1. The first-order chi connectivity index (χ1) is 8.20. The van der Waals surface area contributed by atoms with Crippen molar-refractivity contribution in [3.63, 3.8) is 0 Å². The van der Waals surface area contributed by atoms with Crippen LogP contribution in [0.2, 0.25) is 0 Å². The van der Waals surface area contributed by atoms with Crippen molar-refractivity contribution in [3.8, 4) is 0 Å². The van der Waals surface area contributed by atoms with Crippen molar-refractivity contribution in [1.29, 1.82) is 0 Å². The number of thioether (sulfide) groups is 1. The molecular formula is C15H20OS. The van der Waals surface area contributed by atoms with E-state index in [1.165, 1.54) is 12.0 Å². The third-order valence-electron chi connectivity index (χ3n) is 3.72. The number of carbonyl (C=O) groups excluding carboxylic acids is 1. The zero-order valence-corrected chi connectivity index (χ0v) is 11.4. The summed E-state index contributed by atoms with van der Waals surface area (Å²) >= 11 is 1.59. The van der Waals surface area contributed by atoms with Crippen molar-refractivity contribution >= 4 is 16.9 Å². The fourth-order valence-corrected chi connectivity index (χ4v) is 3.77. The Kier molecular flexibility index (Phi) is 4.27. The Morgan fingerprint density at radius 3 is 2.71 bits per heavy atom. The second kappa shape index (κ2) is 5.72. The van der Waals surface area contributed by atoms with E-state index in [0.717, 1.165) is 12.8 Å². The van der Waals surface area contributed by atoms with Crippen LogP contribution in [0.4, 0.5) is 0 Å². The zero-order chi connectivity index (χ0) is 12.3. The second-order valence-electron chi connectivity index (χ2n) is 4.98. The van der Waals surface area contributed by atoms with Crippen LogP contribution in [0.5, 0.6) is 0 Å². The lowest BCUT2D eigenvalue weighted by atomic mass is 9.91. The SMILES string of the molecule is CC[C@H](C)[C@H]1C[C@@H](Cc2ccccc2)C(=O)S1. The summed E-state index contributed by atoms with van der Waals surface area (Å²) in [6.07, 6.45) is 3.15. The number of carbonyl (C=O) groups is 1. The van der Waals surface area contributed by atoms with Gasteiger partial charge in [0.15, 0.2) is 5.12 Å². The van der Waals surface area contributed by atoms with Crippen molar-refractivity contribution in [2.24, 2.45) is 11.8 Å². The highest BCUT2D eigenvalue weighted by Gasteiger charge is 2.35. The Morgan fingerprint density at radius 1 is 1.35 bits per heavy atom. The minimum Gasteiger partial charge on any atom is -0.287 e. The number of rotatable bonds is 4. The molecule has 92 valence electrons. The minimum atomic E-state index is 0.237. The van der Waals surface area contributed by atoms with Crippen LogP contribution in [0.1, 0.15) is 32.3 Å². The zero-order valence-electron chi connectivity index (χ0n) is 10.6. The van der Waals surface area contributed by atoms with Gasteiger partial charge in [-0.1, -0.05) is 62.4 Å². The van der Waals surface area contributed by atoms with Gasteiger partial charge in [0, 0.05) is 11.2 Å². The highest BCUT2D eigenvalue weighted by atomic mass is 32.2. The summed E-state index contributed by atoms with van der Waals surface area (Å²) in [6, 6.07) is 10.4. The van der Waals surface area contributed by atoms with E-state index < -0.39 is 0 Å². The first kappa shape index (κ1) is 12.7.